The molecule has 0 saturated heterocycles. The number of rotatable bonds is 5. The molecule has 0 radical (unpaired) electrons. The number of hydrogen-bond donors (Lipinski definition) is 1. The van der Waals surface area contributed by atoms with Gasteiger partial charge >= 0.3 is 0 Å². The zero-order valence-corrected chi connectivity index (χ0v) is 11.8. The molecule has 108 valence electrons. The van der Waals surface area contributed by atoms with Crippen LogP contribution < -0.4 is 10.5 Å². The SMILES string of the molecule is CCC(N)C(Oc1cccc(C#N)c1)c1ccccc1F. The van der Waals surface area contributed by atoms with E-state index in [0.29, 0.717) is 23.3 Å². The molecule has 21 heavy (non-hydrogen) atoms. The summed E-state index contributed by atoms with van der Waals surface area (Å²) in [4.78, 5) is 0. The average molecular weight is 284 g/mol. The third-order valence-corrected chi connectivity index (χ3v) is 3.30. The molecular formula is C17H17FN2O. The highest BCUT2D eigenvalue weighted by Crippen LogP contribution is 2.27. The van der Waals surface area contributed by atoms with Gasteiger partial charge in [-0.1, -0.05) is 31.2 Å². The van der Waals surface area contributed by atoms with E-state index in [4.69, 9.17) is 15.7 Å². The minimum Gasteiger partial charge on any atom is -0.484 e. The van der Waals surface area contributed by atoms with E-state index < -0.39 is 6.10 Å². The van der Waals surface area contributed by atoms with Crippen molar-refractivity contribution in [3.8, 4) is 11.8 Å². The molecule has 2 unspecified atom stereocenters. The third kappa shape index (κ3) is 3.59. The van der Waals surface area contributed by atoms with Crippen LogP contribution in [0.3, 0.4) is 0 Å². The maximum atomic E-state index is 14.0. The van der Waals surface area contributed by atoms with Crippen molar-refractivity contribution in [3.05, 3.63) is 65.5 Å². The van der Waals surface area contributed by atoms with Crippen molar-refractivity contribution in [2.45, 2.75) is 25.5 Å². The standard InChI is InChI=1S/C17H17FN2O/c1-2-16(20)17(14-8-3-4-9-15(14)18)21-13-7-5-6-12(10-13)11-19/h3-10,16-17H,2,20H2,1H3. The van der Waals surface area contributed by atoms with Gasteiger partial charge < -0.3 is 10.5 Å². The Kier molecular flexibility index (Phi) is 4.91. The van der Waals surface area contributed by atoms with E-state index in [9.17, 15) is 4.39 Å². The molecule has 3 nitrogen and oxygen atoms in total. The van der Waals surface area contributed by atoms with Crippen molar-refractivity contribution in [2.75, 3.05) is 0 Å². The molecule has 0 amide bonds. The van der Waals surface area contributed by atoms with Crippen LogP contribution in [0, 0.1) is 17.1 Å². The normalized spacial score (nSPS) is 13.2. The maximum absolute atomic E-state index is 14.0. The summed E-state index contributed by atoms with van der Waals surface area (Å²) in [6.45, 7) is 1.92. The summed E-state index contributed by atoms with van der Waals surface area (Å²) >= 11 is 0. The second-order valence-corrected chi connectivity index (χ2v) is 4.77. The lowest BCUT2D eigenvalue weighted by atomic mass is 10.00. The summed E-state index contributed by atoms with van der Waals surface area (Å²) in [5.41, 5.74) is 7.00. The summed E-state index contributed by atoms with van der Waals surface area (Å²) in [5, 5.41) is 8.92. The number of nitriles is 1. The molecule has 2 aromatic carbocycles. The van der Waals surface area contributed by atoms with Crippen LogP contribution in [0.25, 0.3) is 0 Å². The molecule has 2 aromatic rings. The van der Waals surface area contributed by atoms with Gasteiger partial charge in [0.25, 0.3) is 0 Å². The highest BCUT2D eigenvalue weighted by Gasteiger charge is 2.23. The number of halogens is 1. The highest BCUT2D eigenvalue weighted by atomic mass is 19.1. The van der Waals surface area contributed by atoms with Gasteiger partial charge in [0.2, 0.25) is 0 Å². The predicted molar refractivity (Wildman–Crippen MR) is 79.2 cm³/mol. The monoisotopic (exact) mass is 284 g/mol. The van der Waals surface area contributed by atoms with Crippen molar-refractivity contribution in [1.82, 2.24) is 0 Å². The van der Waals surface area contributed by atoms with Crippen LogP contribution in [0.2, 0.25) is 0 Å². The van der Waals surface area contributed by atoms with Crippen LogP contribution in [0.15, 0.2) is 48.5 Å². The van der Waals surface area contributed by atoms with Crippen LogP contribution in [0.5, 0.6) is 5.75 Å². The minimum absolute atomic E-state index is 0.340. The topological polar surface area (TPSA) is 59.0 Å². The van der Waals surface area contributed by atoms with Gasteiger partial charge in [-0.25, -0.2) is 4.39 Å². The van der Waals surface area contributed by atoms with Gasteiger partial charge in [-0.3, -0.25) is 0 Å². The summed E-state index contributed by atoms with van der Waals surface area (Å²) in [6.07, 6.45) is 0.0573. The van der Waals surface area contributed by atoms with E-state index in [1.54, 1.807) is 42.5 Å². The minimum atomic E-state index is -0.592. The van der Waals surface area contributed by atoms with E-state index in [0.717, 1.165) is 0 Å². The fourth-order valence-electron chi connectivity index (χ4n) is 2.09. The van der Waals surface area contributed by atoms with Crippen molar-refractivity contribution in [2.24, 2.45) is 5.73 Å². The van der Waals surface area contributed by atoms with Gasteiger partial charge in [0, 0.05) is 11.6 Å². The molecule has 0 saturated carbocycles. The van der Waals surface area contributed by atoms with Gasteiger partial charge in [0.05, 0.1) is 11.6 Å². The highest BCUT2D eigenvalue weighted by molar-refractivity contribution is 5.37. The first kappa shape index (κ1) is 15.0. The van der Waals surface area contributed by atoms with Crippen LogP contribution in [0.4, 0.5) is 4.39 Å². The lowest BCUT2D eigenvalue weighted by Crippen LogP contribution is -2.32. The first-order valence-corrected chi connectivity index (χ1v) is 6.82. The zero-order valence-electron chi connectivity index (χ0n) is 11.8. The van der Waals surface area contributed by atoms with Gasteiger partial charge in [0.15, 0.2) is 0 Å². The molecule has 0 spiro atoms. The molecule has 2 atom stereocenters. The molecular weight excluding hydrogens is 267 g/mol. The Morgan fingerprint density at radius 3 is 2.67 bits per heavy atom. The first-order valence-electron chi connectivity index (χ1n) is 6.82. The average Bonchev–Trinajstić information content (AvgIpc) is 2.53. The summed E-state index contributed by atoms with van der Waals surface area (Å²) in [6, 6.07) is 14.9. The van der Waals surface area contributed by atoms with Crippen molar-refractivity contribution >= 4 is 0 Å². The van der Waals surface area contributed by atoms with Gasteiger partial charge in [-0.15, -0.1) is 0 Å². The number of nitrogens with two attached hydrogens (primary N) is 1. The fraction of sp³-hybridized carbons (Fsp3) is 0.235. The molecule has 0 aliphatic carbocycles. The summed E-state index contributed by atoms with van der Waals surface area (Å²) < 4.78 is 19.9. The van der Waals surface area contributed by atoms with Crippen LogP contribution in [-0.4, -0.2) is 6.04 Å². The molecule has 0 aromatic heterocycles. The van der Waals surface area contributed by atoms with Gasteiger partial charge in [-0.2, -0.15) is 5.26 Å². The molecule has 2 N–H and O–H groups in total. The Morgan fingerprint density at radius 1 is 1.24 bits per heavy atom. The third-order valence-electron chi connectivity index (χ3n) is 3.30. The quantitative estimate of drug-likeness (QED) is 0.913. The number of hydrogen-bond acceptors (Lipinski definition) is 3. The van der Waals surface area contributed by atoms with Crippen LogP contribution >= 0.6 is 0 Å². The van der Waals surface area contributed by atoms with E-state index in [2.05, 4.69) is 0 Å². The largest absolute Gasteiger partial charge is 0.484 e. The van der Waals surface area contributed by atoms with Crippen molar-refractivity contribution in [3.63, 3.8) is 0 Å². The lowest BCUT2D eigenvalue weighted by Gasteiger charge is -2.25. The van der Waals surface area contributed by atoms with Crippen LogP contribution in [0.1, 0.15) is 30.6 Å². The number of ether oxygens (including phenoxy) is 1. The number of nitrogens with zero attached hydrogens (tertiary/aromatic N) is 1. The molecule has 2 rings (SSSR count). The summed E-state index contributed by atoms with van der Waals surface area (Å²) in [7, 11) is 0. The Bertz CT molecular complexity index is 651. The molecule has 0 fully saturated rings. The fourth-order valence-corrected chi connectivity index (χ4v) is 2.09. The Morgan fingerprint density at radius 2 is 2.00 bits per heavy atom. The molecule has 0 bridgehead atoms. The Hall–Kier alpha value is -2.38. The molecule has 4 heteroatoms. The van der Waals surface area contributed by atoms with Crippen molar-refractivity contribution < 1.29 is 9.13 Å². The van der Waals surface area contributed by atoms with E-state index >= 15 is 0 Å². The molecule has 0 heterocycles. The predicted octanol–water partition coefficient (Wildman–Crippen LogP) is 3.55. The second-order valence-electron chi connectivity index (χ2n) is 4.77. The van der Waals surface area contributed by atoms with Crippen LogP contribution in [-0.2, 0) is 0 Å². The lowest BCUT2D eigenvalue weighted by molar-refractivity contribution is 0.166. The van der Waals surface area contributed by atoms with Gasteiger partial charge in [0.1, 0.15) is 17.7 Å². The van der Waals surface area contributed by atoms with E-state index in [1.807, 2.05) is 13.0 Å². The van der Waals surface area contributed by atoms with Gasteiger partial charge in [-0.05, 0) is 30.7 Å². The molecule has 0 aliphatic heterocycles. The van der Waals surface area contributed by atoms with E-state index in [-0.39, 0.29) is 11.9 Å². The second kappa shape index (κ2) is 6.87. The summed E-state index contributed by atoms with van der Waals surface area (Å²) in [5.74, 6) is 0.161. The molecule has 0 aliphatic rings. The Balaban J connectivity index is 2.33. The Labute approximate surface area is 123 Å². The van der Waals surface area contributed by atoms with E-state index in [1.165, 1.54) is 6.07 Å². The maximum Gasteiger partial charge on any atom is 0.142 e. The zero-order chi connectivity index (χ0) is 15.2. The van der Waals surface area contributed by atoms with Crippen molar-refractivity contribution in [1.29, 1.82) is 5.26 Å². The first-order chi connectivity index (χ1) is 10.2. The number of benzene rings is 2. The smallest absolute Gasteiger partial charge is 0.142 e.